The third-order valence-electron chi connectivity index (χ3n) is 6.87. The molecule has 5 rings (SSSR count). The van der Waals surface area contributed by atoms with E-state index in [1.807, 2.05) is 54.6 Å². The molecule has 0 bridgehead atoms. The lowest BCUT2D eigenvalue weighted by Gasteiger charge is -2.28. The summed E-state index contributed by atoms with van der Waals surface area (Å²) in [5.41, 5.74) is 3.04. The first-order valence-corrected chi connectivity index (χ1v) is 13.1. The van der Waals surface area contributed by atoms with Crippen LogP contribution in [0.25, 0.3) is 16.0 Å². The summed E-state index contributed by atoms with van der Waals surface area (Å²) >= 11 is 1.25. The number of hydrogen-bond acceptors (Lipinski definition) is 8. The normalized spacial score (nSPS) is 15.9. The number of aryl methyl sites for hydroxylation is 1. The maximum Gasteiger partial charge on any atom is 0.290 e. The topological polar surface area (TPSA) is 96.6 Å². The van der Waals surface area contributed by atoms with E-state index >= 15 is 0 Å². The van der Waals surface area contributed by atoms with Crippen molar-refractivity contribution in [2.45, 2.75) is 19.4 Å². The second-order valence-electron chi connectivity index (χ2n) is 9.47. The number of ether oxygens (including phenoxy) is 2. The Kier molecular flexibility index (Phi) is 6.85. The van der Waals surface area contributed by atoms with Crippen LogP contribution < -0.4 is 9.47 Å². The van der Waals surface area contributed by atoms with Gasteiger partial charge in [0.2, 0.25) is 5.78 Å². The third kappa shape index (κ3) is 4.10. The number of imidazole rings is 1. The van der Waals surface area contributed by atoms with Gasteiger partial charge in [0.05, 0.1) is 41.7 Å². The number of aliphatic hydroxyl groups excluding tert-OH is 1. The number of rotatable bonds is 9. The van der Waals surface area contributed by atoms with Gasteiger partial charge >= 0.3 is 0 Å². The van der Waals surface area contributed by atoms with Gasteiger partial charge in [0, 0.05) is 17.8 Å². The SMILES string of the molecule is COc1cccc(C2C(C(=O)c3sc4nc5ccccc5n4c3C)=C(O)C(=O)N2CCCN(C)C)c1OC. The van der Waals surface area contributed by atoms with E-state index in [0.29, 0.717) is 45.6 Å². The van der Waals surface area contributed by atoms with Crippen molar-refractivity contribution in [3.05, 3.63) is 69.9 Å². The number of ketones is 1. The Balaban J connectivity index is 1.64. The number of aromatic nitrogens is 2. The van der Waals surface area contributed by atoms with Crippen LogP contribution in [0.4, 0.5) is 0 Å². The molecule has 0 fully saturated rings. The highest BCUT2D eigenvalue weighted by Gasteiger charge is 2.45. The van der Waals surface area contributed by atoms with Crippen molar-refractivity contribution in [1.82, 2.24) is 19.2 Å². The summed E-state index contributed by atoms with van der Waals surface area (Å²) < 4.78 is 13.1. The smallest absolute Gasteiger partial charge is 0.290 e. The Morgan fingerprint density at radius 3 is 2.61 bits per heavy atom. The average Bonchev–Trinajstić information content (AvgIpc) is 3.52. The monoisotopic (exact) mass is 534 g/mol. The fourth-order valence-electron chi connectivity index (χ4n) is 5.12. The number of fused-ring (bicyclic) bond motifs is 3. The van der Waals surface area contributed by atoms with Crippen molar-refractivity contribution in [2.24, 2.45) is 0 Å². The van der Waals surface area contributed by atoms with Crippen LogP contribution in [-0.2, 0) is 4.79 Å². The molecule has 10 heteroatoms. The third-order valence-corrected chi connectivity index (χ3v) is 8.02. The lowest BCUT2D eigenvalue weighted by Crippen LogP contribution is -2.33. The largest absolute Gasteiger partial charge is 0.503 e. The zero-order chi connectivity index (χ0) is 27.1. The standard InChI is InChI=1S/C28H30N4O5S/c1-16-26(38-28-29-18-11-6-7-12-19(18)32(16)28)23(33)21-22(17-10-8-13-20(36-4)25(17)37-5)31(27(35)24(21)34)15-9-14-30(2)3/h6-8,10-13,22,34H,9,14-15H2,1-5H3. The zero-order valence-electron chi connectivity index (χ0n) is 22.0. The van der Waals surface area contributed by atoms with E-state index in [2.05, 4.69) is 4.98 Å². The Morgan fingerprint density at radius 1 is 1.13 bits per heavy atom. The number of hydrogen-bond donors (Lipinski definition) is 1. The minimum absolute atomic E-state index is 0.0308. The van der Waals surface area contributed by atoms with Crippen LogP contribution in [-0.4, -0.2) is 77.4 Å². The Bertz CT molecular complexity index is 1580. The molecule has 38 heavy (non-hydrogen) atoms. The molecule has 1 amide bonds. The molecule has 198 valence electrons. The number of Topliss-reactive ketones (excluding diaryl/α,β-unsaturated/α-hetero) is 1. The van der Waals surface area contributed by atoms with Crippen molar-refractivity contribution in [3.8, 4) is 11.5 Å². The van der Waals surface area contributed by atoms with E-state index in [4.69, 9.17) is 9.47 Å². The van der Waals surface area contributed by atoms with Gasteiger partial charge in [-0.3, -0.25) is 14.0 Å². The molecule has 0 spiro atoms. The minimum atomic E-state index is -0.840. The van der Waals surface area contributed by atoms with E-state index < -0.39 is 23.5 Å². The maximum absolute atomic E-state index is 14.2. The van der Waals surface area contributed by atoms with Crippen LogP contribution in [0.15, 0.2) is 53.8 Å². The van der Waals surface area contributed by atoms with Crippen LogP contribution in [0.5, 0.6) is 11.5 Å². The van der Waals surface area contributed by atoms with Crippen LogP contribution in [0.3, 0.4) is 0 Å². The van der Waals surface area contributed by atoms with Crippen LogP contribution in [0.1, 0.15) is 33.4 Å². The second-order valence-corrected chi connectivity index (χ2v) is 10.4. The molecular weight excluding hydrogens is 504 g/mol. The second kappa shape index (κ2) is 10.1. The molecule has 0 aliphatic carbocycles. The predicted molar refractivity (Wildman–Crippen MR) is 146 cm³/mol. The van der Waals surface area contributed by atoms with Crippen molar-refractivity contribution in [2.75, 3.05) is 41.4 Å². The number of carbonyl (C=O) groups is 2. The summed E-state index contributed by atoms with van der Waals surface area (Å²) in [4.78, 5) is 36.9. The first kappa shape index (κ1) is 25.7. The van der Waals surface area contributed by atoms with Crippen molar-refractivity contribution < 1.29 is 24.2 Å². The van der Waals surface area contributed by atoms with Gasteiger partial charge in [0.15, 0.2) is 22.2 Å². The number of aliphatic hydroxyl groups is 1. The van der Waals surface area contributed by atoms with Crippen LogP contribution in [0.2, 0.25) is 0 Å². The number of amides is 1. The minimum Gasteiger partial charge on any atom is -0.503 e. The predicted octanol–water partition coefficient (Wildman–Crippen LogP) is 4.40. The summed E-state index contributed by atoms with van der Waals surface area (Å²) in [5, 5.41) is 11.1. The highest BCUT2D eigenvalue weighted by atomic mass is 32.1. The molecule has 1 N–H and O–H groups in total. The highest BCUT2D eigenvalue weighted by Crippen LogP contribution is 2.46. The van der Waals surface area contributed by atoms with Crippen molar-refractivity contribution >= 4 is 39.0 Å². The van der Waals surface area contributed by atoms with Gasteiger partial charge in [-0.1, -0.05) is 35.6 Å². The molecule has 2 aromatic carbocycles. The first-order valence-electron chi connectivity index (χ1n) is 12.3. The number of carbonyl (C=O) groups excluding carboxylic acids is 2. The van der Waals surface area contributed by atoms with Gasteiger partial charge in [0.1, 0.15) is 0 Å². The molecular formula is C28H30N4O5S. The molecule has 0 saturated carbocycles. The zero-order valence-corrected chi connectivity index (χ0v) is 22.8. The molecule has 2 aromatic heterocycles. The van der Waals surface area contributed by atoms with Crippen LogP contribution in [0, 0.1) is 6.92 Å². The summed E-state index contributed by atoms with van der Waals surface area (Å²) in [5.74, 6) is -0.635. The molecule has 1 unspecified atom stereocenters. The summed E-state index contributed by atoms with van der Waals surface area (Å²) in [6, 6.07) is 12.2. The van der Waals surface area contributed by atoms with Gasteiger partial charge in [-0.2, -0.15) is 0 Å². The highest BCUT2D eigenvalue weighted by molar-refractivity contribution is 7.19. The number of methoxy groups -OCH3 is 2. The molecule has 1 aliphatic heterocycles. The van der Waals surface area contributed by atoms with E-state index in [-0.39, 0.29) is 5.57 Å². The first-order chi connectivity index (χ1) is 18.3. The maximum atomic E-state index is 14.2. The van der Waals surface area contributed by atoms with Crippen molar-refractivity contribution in [3.63, 3.8) is 0 Å². The number of para-hydroxylation sites is 3. The van der Waals surface area contributed by atoms with E-state index in [9.17, 15) is 14.7 Å². The molecule has 4 aromatic rings. The fraction of sp³-hybridized carbons (Fsp3) is 0.321. The number of thiazole rings is 1. The Morgan fingerprint density at radius 2 is 1.89 bits per heavy atom. The van der Waals surface area contributed by atoms with Gasteiger partial charge in [-0.15, -0.1) is 0 Å². The quantitative estimate of drug-likeness (QED) is 0.318. The lowest BCUT2D eigenvalue weighted by molar-refractivity contribution is -0.129. The van der Waals surface area contributed by atoms with Gasteiger partial charge in [0.25, 0.3) is 5.91 Å². The van der Waals surface area contributed by atoms with Crippen molar-refractivity contribution in [1.29, 1.82) is 0 Å². The Labute approximate surface area is 224 Å². The molecule has 9 nitrogen and oxygen atoms in total. The number of nitrogens with zero attached hydrogens (tertiary/aromatic N) is 4. The summed E-state index contributed by atoms with van der Waals surface area (Å²) in [6.07, 6.45) is 0.661. The van der Waals surface area contributed by atoms with E-state index in [1.54, 1.807) is 23.1 Å². The Hall–Kier alpha value is -3.89. The van der Waals surface area contributed by atoms with E-state index in [0.717, 1.165) is 17.6 Å². The number of benzene rings is 2. The molecule has 0 saturated heterocycles. The summed E-state index contributed by atoms with van der Waals surface area (Å²) in [7, 11) is 6.96. The fourth-order valence-corrected chi connectivity index (χ4v) is 6.22. The molecule has 3 heterocycles. The molecule has 1 atom stereocenters. The van der Waals surface area contributed by atoms with E-state index in [1.165, 1.54) is 25.6 Å². The lowest BCUT2D eigenvalue weighted by atomic mass is 9.94. The summed E-state index contributed by atoms with van der Waals surface area (Å²) in [6.45, 7) is 2.94. The van der Waals surface area contributed by atoms with Gasteiger partial charge in [-0.05, 0) is 52.2 Å². The van der Waals surface area contributed by atoms with Gasteiger partial charge in [-0.25, -0.2) is 4.98 Å². The van der Waals surface area contributed by atoms with Crippen LogP contribution >= 0.6 is 11.3 Å². The van der Waals surface area contributed by atoms with Gasteiger partial charge < -0.3 is 24.4 Å². The average molecular weight is 535 g/mol. The molecule has 1 aliphatic rings. The molecule has 0 radical (unpaired) electrons.